The normalized spacial score (nSPS) is 17.0. The Labute approximate surface area is 153 Å². The van der Waals surface area contributed by atoms with Crippen LogP contribution in [0.2, 0.25) is 0 Å². The van der Waals surface area contributed by atoms with Gasteiger partial charge in [-0.2, -0.15) is 0 Å². The van der Waals surface area contributed by atoms with Crippen LogP contribution in [0.25, 0.3) is 11.1 Å². The molecule has 26 heavy (non-hydrogen) atoms. The highest BCUT2D eigenvalue weighted by atomic mass is 16.2. The number of nitrogens with zero attached hydrogens (tertiary/aromatic N) is 2. The molecule has 1 aromatic carbocycles. The number of hydrogen-bond acceptors (Lipinski definition) is 4. The fraction of sp³-hybridized carbons (Fsp3) is 0.350. The number of aromatic nitrogens is 1. The summed E-state index contributed by atoms with van der Waals surface area (Å²) in [6.07, 6.45) is 3.25. The number of rotatable bonds is 4. The monoisotopic (exact) mass is 352 g/mol. The van der Waals surface area contributed by atoms with Gasteiger partial charge in [0.15, 0.2) is 0 Å². The third-order valence-electron chi connectivity index (χ3n) is 4.81. The number of hydrogen-bond donors (Lipinski definition) is 2. The molecule has 0 radical (unpaired) electrons. The molecule has 0 spiro atoms. The average molecular weight is 352 g/mol. The van der Waals surface area contributed by atoms with Crippen LogP contribution in [0.15, 0.2) is 42.6 Å². The van der Waals surface area contributed by atoms with Crippen molar-refractivity contribution in [2.24, 2.45) is 11.7 Å². The van der Waals surface area contributed by atoms with Gasteiger partial charge in [-0.25, -0.2) is 0 Å². The lowest BCUT2D eigenvalue weighted by Gasteiger charge is -2.32. The van der Waals surface area contributed by atoms with Crippen LogP contribution in [-0.4, -0.2) is 41.8 Å². The Hall–Kier alpha value is -2.73. The van der Waals surface area contributed by atoms with Crippen molar-refractivity contribution in [3.05, 3.63) is 53.9 Å². The van der Waals surface area contributed by atoms with Crippen molar-refractivity contribution >= 4 is 11.8 Å². The Morgan fingerprint density at radius 1 is 1.31 bits per heavy atom. The highest BCUT2D eigenvalue weighted by Gasteiger charge is 2.30. The molecule has 1 fully saturated rings. The van der Waals surface area contributed by atoms with E-state index in [0.29, 0.717) is 25.3 Å². The largest absolute Gasteiger partial charge is 0.359 e. The molecule has 2 heterocycles. The number of piperidine rings is 1. The molecule has 1 aliphatic heterocycles. The summed E-state index contributed by atoms with van der Waals surface area (Å²) >= 11 is 0. The SMILES string of the molecule is CNC(=O)[C@@H]1CCCN(C(=O)c2ncccc2-c2cccc(CN)c2)C1. The highest BCUT2D eigenvalue weighted by molar-refractivity contribution is 5.99. The number of nitrogens with two attached hydrogens (primary N) is 1. The summed E-state index contributed by atoms with van der Waals surface area (Å²) < 4.78 is 0. The summed E-state index contributed by atoms with van der Waals surface area (Å²) in [6.45, 7) is 1.51. The number of carbonyl (C=O) groups is 2. The standard InChI is InChI=1S/C20H24N4O2/c1-22-19(25)16-7-4-10-24(13-16)20(26)18-17(8-3-9-23-18)15-6-2-5-14(11-15)12-21/h2-3,5-6,8-9,11,16H,4,7,10,12-13,21H2,1H3,(H,22,25)/t16-/m1/s1. The van der Waals surface area contributed by atoms with E-state index in [4.69, 9.17) is 5.73 Å². The molecule has 0 aliphatic carbocycles. The van der Waals surface area contributed by atoms with Crippen LogP contribution in [0.1, 0.15) is 28.9 Å². The van der Waals surface area contributed by atoms with Crippen LogP contribution in [0.4, 0.5) is 0 Å². The number of nitrogens with one attached hydrogen (secondary N) is 1. The summed E-state index contributed by atoms with van der Waals surface area (Å²) in [6, 6.07) is 11.6. The van der Waals surface area contributed by atoms with Crippen molar-refractivity contribution in [1.82, 2.24) is 15.2 Å². The quantitative estimate of drug-likeness (QED) is 0.878. The van der Waals surface area contributed by atoms with E-state index in [2.05, 4.69) is 10.3 Å². The summed E-state index contributed by atoms with van der Waals surface area (Å²) in [5.74, 6) is -0.308. The first-order valence-electron chi connectivity index (χ1n) is 8.89. The van der Waals surface area contributed by atoms with E-state index in [-0.39, 0.29) is 17.7 Å². The van der Waals surface area contributed by atoms with Crippen LogP contribution >= 0.6 is 0 Å². The minimum atomic E-state index is -0.162. The van der Waals surface area contributed by atoms with E-state index < -0.39 is 0 Å². The molecule has 2 amide bonds. The molecule has 1 saturated heterocycles. The molecule has 3 N–H and O–H groups in total. The first-order chi connectivity index (χ1) is 12.6. The Bertz CT molecular complexity index is 806. The summed E-state index contributed by atoms with van der Waals surface area (Å²) in [4.78, 5) is 31.2. The van der Waals surface area contributed by atoms with Gasteiger partial charge in [-0.05, 0) is 36.1 Å². The molecular weight excluding hydrogens is 328 g/mol. The second-order valence-corrected chi connectivity index (χ2v) is 6.51. The second-order valence-electron chi connectivity index (χ2n) is 6.51. The molecule has 6 nitrogen and oxygen atoms in total. The zero-order valence-electron chi connectivity index (χ0n) is 14.9. The zero-order valence-corrected chi connectivity index (χ0v) is 14.9. The van der Waals surface area contributed by atoms with Crippen molar-refractivity contribution in [1.29, 1.82) is 0 Å². The number of likely N-dealkylation sites (tertiary alicyclic amines) is 1. The summed E-state index contributed by atoms with van der Waals surface area (Å²) in [5.41, 5.74) is 8.87. The molecular formula is C20H24N4O2. The minimum Gasteiger partial charge on any atom is -0.359 e. The first kappa shape index (κ1) is 18.1. The Morgan fingerprint density at radius 2 is 2.15 bits per heavy atom. The molecule has 136 valence electrons. The molecule has 1 aliphatic rings. The summed E-state index contributed by atoms with van der Waals surface area (Å²) in [5, 5.41) is 2.68. The van der Waals surface area contributed by atoms with Gasteiger partial charge >= 0.3 is 0 Å². The highest BCUT2D eigenvalue weighted by Crippen LogP contribution is 2.26. The number of benzene rings is 1. The van der Waals surface area contributed by atoms with Gasteiger partial charge in [0, 0.05) is 38.4 Å². The molecule has 0 saturated carbocycles. The maximum atomic E-state index is 13.1. The topological polar surface area (TPSA) is 88.3 Å². The van der Waals surface area contributed by atoms with Crippen LogP contribution in [0, 0.1) is 5.92 Å². The van der Waals surface area contributed by atoms with E-state index in [9.17, 15) is 9.59 Å². The number of pyridine rings is 1. The van der Waals surface area contributed by atoms with Gasteiger partial charge in [0.1, 0.15) is 5.69 Å². The van der Waals surface area contributed by atoms with Gasteiger partial charge < -0.3 is 16.0 Å². The number of carbonyl (C=O) groups excluding carboxylic acids is 2. The molecule has 1 atom stereocenters. The third kappa shape index (κ3) is 3.75. The molecule has 0 unspecified atom stereocenters. The van der Waals surface area contributed by atoms with E-state index in [1.807, 2.05) is 36.4 Å². The fourth-order valence-corrected chi connectivity index (χ4v) is 3.40. The molecule has 6 heteroatoms. The van der Waals surface area contributed by atoms with Crippen LogP contribution in [0.3, 0.4) is 0 Å². The predicted octanol–water partition coefficient (Wildman–Crippen LogP) is 1.81. The number of amides is 2. The van der Waals surface area contributed by atoms with Crippen molar-refractivity contribution in [3.63, 3.8) is 0 Å². The Balaban J connectivity index is 1.89. The van der Waals surface area contributed by atoms with Gasteiger partial charge in [0.25, 0.3) is 5.91 Å². The Morgan fingerprint density at radius 3 is 2.92 bits per heavy atom. The van der Waals surface area contributed by atoms with Crippen LogP contribution in [0.5, 0.6) is 0 Å². The van der Waals surface area contributed by atoms with E-state index in [1.54, 1.807) is 18.1 Å². The summed E-state index contributed by atoms with van der Waals surface area (Å²) in [7, 11) is 1.63. The van der Waals surface area contributed by atoms with E-state index in [0.717, 1.165) is 29.5 Å². The maximum absolute atomic E-state index is 13.1. The van der Waals surface area contributed by atoms with Crippen molar-refractivity contribution in [3.8, 4) is 11.1 Å². The lowest BCUT2D eigenvalue weighted by molar-refractivity contribution is -0.125. The lowest BCUT2D eigenvalue weighted by Crippen LogP contribution is -2.45. The van der Waals surface area contributed by atoms with E-state index >= 15 is 0 Å². The third-order valence-corrected chi connectivity index (χ3v) is 4.81. The zero-order chi connectivity index (χ0) is 18.5. The first-order valence-corrected chi connectivity index (χ1v) is 8.89. The maximum Gasteiger partial charge on any atom is 0.273 e. The average Bonchev–Trinajstić information content (AvgIpc) is 2.72. The second kappa shape index (κ2) is 8.10. The van der Waals surface area contributed by atoms with Crippen molar-refractivity contribution in [2.45, 2.75) is 19.4 Å². The van der Waals surface area contributed by atoms with Gasteiger partial charge in [-0.1, -0.05) is 24.3 Å². The minimum absolute atomic E-state index is 0.0145. The Kier molecular flexibility index (Phi) is 5.63. The smallest absolute Gasteiger partial charge is 0.273 e. The predicted molar refractivity (Wildman–Crippen MR) is 100 cm³/mol. The lowest BCUT2D eigenvalue weighted by atomic mass is 9.96. The van der Waals surface area contributed by atoms with E-state index in [1.165, 1.54) is 0 Å². The van der Waals surface area contributed by atoms with Gasteiger partial charge in [0.05, 0.1) is 5.92 Å². The molecule has 2 aromatic rings. The van der Waals surface area contributed by atoms with Crippen molar-refractivity contribution < 1.29 is 9.59 Å². The molecule has 3 rings (SSSR count). The molecule has 0 bridgehead atoms. The van der Waals surface area contributed by atoms with Crippen molar-refractivity contribution in [2.75, 3.05) is 20.1 Å². The van der Waals surface area contributed by atoms with Crippen LogP contribution < -0.4 is 11.1 Å². The fourth-order valence-electron chi connectivity index (χ4n) is 3.40. The van der Waals surface area contributed by atoms with Crippen LogP contribution in [-0.2, 0) is 11.3 Å². The van der Waals surface area contributed by atoms with Gasteiger partial charge in [0.2, 0.25) is 5.91 Å². The van der Waals surface area contributed by atoms with Gasteiger partial charge in [-0.3, -0.25) is 14.6 Å². The molecule has 1 aromatic heterocycles. The van der Waals surface area contributed by atoms with Gasteiger partial charge in [-0.15, -0.1) is 0 Å².